The molecule has 5 rings (SSSR count). The molecule has 0 unspecified atom stereocenters. The van der Waals surface area contributed by atoms with Crippen molar-refractivity contribution >= 4 is 35.0 Å². The molecule has 0 aliphatic carbocycles. The van der Waals surface area contributed by atoms with Crippen LogP contribution in [0.25, 0.3) is 5.82 Å². The Morgan fingerprint density at radius 2 is 1.89 bits per heavy atom. The van der Waals surface area contributed by atoms with Crippen molar-refractivity contribution in [3.63, 3.8) is 0 Å². The zero-order valence-corrected chi connectivity index (χ0v) is 24.4. The summed E-state index contributed by atoms with van der Waals surface area (Å²) in [5.74, 6) is -3.13. The second-order valence-electron chi connectivity index (χ2n) is 9.08. The maximum absolute atomic E-state index is 13.5. The van der Waals surface area contributed by atoms with Crippen molar-refractivity contribution in [1.29, 1.82) is 5.26 Å². The largest absolute Gasteiger partial charge is 0.455 e. The van der Waals surface area contributed by atoms with Crippen molar-refractivity contribution in [1.82, 2.24) is 50.5 Å². The molecule has 236 valence electrons. The van der Waals surface area contributed by atoms with E-state index in [0.29, 0.717) is 16.1 Å². The lowest BCUT2D eigenvalue weighted by atomic mass is 10.0. The Balaban J connectivity index is 0.000000523. The van der Waals surface area contributed by atoms with Crippen molar-refractivity contribution in [3.8, 4) is 11.9 Å². The van der Waals surface area contributed by atoms with Gasteiger partial charge in [0.2, 0.25) is 0 Å². The second kappa shape index (κ2) is 13.6. The molecule has 4 heterocycles. The molecule has 5 aromatic rings. The van der Waals surface area contributed by atoms with Gasteiger partial charge in [0, 0.05) is 19.4 Å². The number of benzene rings is 1. The van der Waals surface area contributed by atoms with Gasteiger partial charge < -0.3 is 16.4 Å². The number of halogens is 4. The van der Waals surface area contributed by atoms with E-state index in [0.717, 1.165) is 4.68 Å². The first-order valence-corrected chi connectivity index (χ1v) is 13.1. The maximum Gasteiger partial charge on any atom is 0.455 e. The van der Waals surface area contributed by atoms with Crippen molar-refractivity contribution in [3.05, 3.63) is 93.4 Å². The van der Waals surface area contributed by atoms with Gasteiger partial charge in [0.15, 0.2) is 5.82 Å². The third-order valence-electron chi connectivity index (χ3n) is 5.88. The third kappa shape index (κ3) is 7.48. The molecular weight excluding hydrogens is 635 g/mol. The number of anilines is 1. The van der Waals surface area contributed by atoms with E-state index in [1.165, 1.54) is 49.8 Å². The molecule has 0 saturated carbocycles. The first-order valence-electron chi connectivity index (χ1n) is 12.7. The van der Waals surface area contributed by atoms with Crippen molar-refractivity contribution in [2.45, 2.75) is 19.6 Å². The molecule has 0 spiro atoms. The Labute approximate surface area is 261 Å². The number of nitrogens with zero attached hydrogens (tertiary/aromatic N) is 9. The average molecular weight is 656 g/mol. The summed E-state index contributed by atoms with van der Waals surface area (Å²) in [5, 5.41) is 34.4. The monoisotopic (exact) mass is 655 g/mol. The highest BCUT2D eigenvalue weighted by Crippen LogP contribution is 2.27. The van der Waals surface area contributed by atoms with Crippen LogP contribution in [-0.4, -0.2) is 69.9 Å². The number of nitriles is 1. The fourth-order valence-corrected chi connectivity index (χ4v) is 4.04. The molecule has 46 heavy (non-hydrogen) atoms. The van der Waals surface area contributed by atoms with Gasteiger partial charge in [-0.05, 0) is 54.1 Å². The number of pyridine rings is 1. The van der Waals surface area contributed by atoms with Gasteiger partial charge in [-0.2, -0.15) is 33.4 Å². The van der Waals surface area contributed by atoms with E-state index in [4.69, 9.17) is 17.3 Å². The molecule has 0 aliphatic rings. The zero-order chi connectivity index (χ0) is 33.6. The van der Waals surface area contributed by atoms with Gasteiger partial charge >= 0.3 is 6.18 Å². The maximum atomic E-state index is 13.5. The number of carbonyl (C=O) groups excluding carboxylic acids is 3. The van der Waals surface area contributed by atoms with Gasteiger partial charge in [0.1, 0.15) is 17.9 Å². The van der Waals surface area contributed by atoms with E-state index < -0.39 is 29.7 Å². The summed E-state index contributed by atoms with van der Waals surface area (Å²) < 4.78 is 39.7. The van der Waals surface area contributed by atoms with Crippen LogP contribution in [0.4, 0.5) is 18.9 Å². The number of aromatic amines is 1. The molecule has 0 radical (unpaired) electrons. The molecule has 0 bridgehead atoms. The summed E-state index contributed by atoms with van der Waals surface area (Å²) in [4.78, 5) is 40.9. The molecule has 20 heteroatoms. The topological polar surface area (TPSA) is 228 Å². The Morgan fingerprint density at radius 3 is 2.46 bits per heavy atom. The van der Waals surface area contributed by atoms with Gasteiger partial charge in [-0.25, -0.2) is 9.67 Å². The van der Waals surface area contributed by atoms with Crippen LogP contribution in [0.3, 0.4) is 0 Å². The molecule has 0 saturated heterocycles. The number of primary amides is 1. The van der Waals surface area contributed by atoms with E-state index >= 15 is 0 Å². The molecule has 0 atom stereocenters. The van der Waals surface area contributed by atoms with E-state index in [-0.39, 0.29) is 45.6 Å². The number of tetrazole rings is 1. The van der Waals surface area contributed by atoms with Crippen molar-refractivity contribution in [2.75, 3.05) is 12.4 Å². The quantitative estimate of drug-likeness (QED) is 0.200. The minimum Gasteiger partial charge on any atom is -0.364 e. The average Bonchev–Trinajstić information content (AvgIpc) is 3.80. The first-order chi connectivity index (χ1) is 21.8. The van der Waals surface area contributed by atoms with Crippen LogP contribution in [0, 0.1) is 18.3 Å². The Morgan fingerprint density at radius 1 is 1.13 bits per heavy atom. The number of carbonyl (C=O) groups is 3. The van der Waals surface area contributed by atoms with Gasteiger partial charge in [-0.15, -0.1) is 10.2 Å². The number of hydrogen-bond acceptors (Lipinski definition) is 10. The van der Waals surface area contributed by atoms with Gasteiger partial charge in [0.05, 0.1) is 33.6 Å². The summed E-state index contributed by atoms with van der Waals surface area (Å²) in [6.45, 7) is 1.25. The van der Waals surface area contributed by atoms with Gasteiger partial charge in [-0.3, -0.25) is 19.5 Å². The number of nitrogens with two attached hydrogens (primary N) is 1. The SMILES string of the molecule is CNC(=O)c1cc(C#N)cc(C)c1NC(=O)c1cc(Cn2nnc(C(F)(F)F)n2)nn1-c1ncccc1Cl.NC(=O)c1ccn[nH]1. The zero-order valence-electron chi connectivity index (χ0n) is 23.7. The highest BCUT2D eigenvalue weighted by atomic mass is 35.5. The van der Waals surface area contributed by atoms with Crippen LogP contribution in [0.2, 0.25) is 5.02 Å². The lowest BCUT2D eigenvalue weighted by Crippen LogP contribution is -2.24. The predicted octanol–water partition coefficient (Wildman–Crippen LogP) is 2.27. The first kappa shape index (κ1) is 32.7. The van der Waals surface area contributed by atoms with E-state index in [1.54, 1.807) is 13.0 Å². The molecule has 16 nitrogen and oxygen atoms in total. The van der Waals surface area contributed by atoms with Crippen LogP contribution >= 0.6 is 11.6 Å². The lowest BCUT2D eigenvalue weighted by molar-refractivity contribution is -0.145. The van der Waals surface area contributed by atoms with Crippen LogP contribution in [0.1, 0.15) is 54.0 Å². The number of H-pyrrole nitrogens is 1. The Kier molecular flexibility index (Phi) is 9.71. The van der Waals surface area contributed by atoms with Crippen LogP contribution < -0.4 is 16.4 Å². The number of hydrogen-bond donors (Lipinski definition) is 4. The smallest absolute Gasteiger partial charge is 0.364 e. The number of aromatic nitrogens is 9. The number of amides is 3. The summed E-state index contributed by atoms with van der Waals surface area (Å²) in [6.07, 6.45) is -1.90. The highest BCUT2D eigenvalue weighted by molar-refractivity contribution is 6.32. The summed E-state index contributed by atoms with van der Waals surface area (Å²) in [6, 6.07) is 10.6. The molecule has 1 aromatic carbocycles. The summed E-state index contributed by atoms with van der Waals surface area (Å²) >= 11 is 6.26. The van der Waals surface area contributed by atoms with Crippen LogP contribution in [0.15, 0.2) is 48.8 Å². The number of nitrogens with one attached hydrogen (secondary N) is 3. The fourth-order valence-electron chi connectivity index (χ4n) is 3.83. The molecule has 0 fully saturated rings. The minimum absolute atomic E-state index is 0.0473. The fraction of sp³-hybridized carbons (Fsp3) is 0.154. The molecule has 0 aliphatic heterocycles. The molecule has 4 aromatic heterocycles. The summed E-state index contributed by atoms with van der Waals surface area (Å²) in [7, 11) is 1.40. The van der Waals surface area contributed by atoms with Gasteiger partial charge in [-0.1, -0.05) is 11.6 Å². The number of rotatable bonds is 7. The molecule has 5 N–H and O–H groups in total. The van der Waals surface area contributed by atoms with Crippen molar-refractivity contribution in [2.24, 2.45) is 5.73 Å². The second-order valence-corrected chi connectivity index (χ2v) is 9.49. The lowest BCUT2D eigenvalue weighted by Gasteiger charge is -2.14. The molecular formula is C26H21ClF3N13O3. The highest BCUT2D eigenvalue weighted by Gasteiger charge is 2.37. The Bertz CT molecular complexity index is 1950. The van der Waals surface area contributed by atoms with E-state index in [2.05, 4.69) is 46.3 Å². The third-order valence-corrected chi connectivity index (χ3v) is 6.18. The van der Waals surface area contributed by atoms with Crippen LogP contribution in [0.5, 0.6) is 0 Å². The summed E-state index contributed by atoms with van der Waals surface area (Å²) in [5.41, 5.74) is 6.00. The van der Waals surface area contributed by atoms with Gasteiger partial charge in [0.25, 0.3) is 23.5 Å². The standard InChI is InChI=1S/C22H16ClF3N10O2.C4H5N3O/c1-11-6-12(9-27)7-14(19(37)28-2)17(11)30-20(38)16-8-13(10-35-33-21(31-34-35)22(24,25)26)32-36(16)18-15(23)4-3-5-29-18;5-4(8)3-1-2-6-7-3/h3-8H,10H2,1-2H3,(H,28,37)(H,30,38);1-2H,(H2,5,8)(H,6,7). The minimum atomic E-state index is -4.79. The Hall–Kier alpha value is -6.16. The van der Waals surface area contributed by atoms with Crippen molar-refractivity contribution < 1.29 is 27.6 Å². The normalized spacial score (nSPS) is 10.8. The number of alkyl halides is 3. The van der Waals surface area contributed by atoms with E-state index in [1.807, 2.05) is 6.07 Å². The predicted molar refractivity (Wildman–Crippen MR) is 153 cm³/mol. The van der Waals surface area contributed by atoms with E-state index in [9.17, 15) is 32.8 Å². The number of aryl methyl sites for hydroxylation is 1. The van der Waals surface area contributed by atoms with Crippen LogP contribution in [-0.2, 0) is 12.7 Å². The molecule has 3 amide bonds.